The molecular weight excluding hydrogens is 588 g/mol. The number of fused-ring (bicyclic) bond motifs is 1. The zero-order valence-corrected chi connectivity index (χ0v) is 23.8. The van der Waals surface area contributed by atoms with Gasteiger partial charge in [0.15, 0.2) is 0 Å². The Bertz CT molecular complexity index is 727. The minimum atomic E-state index is -0.502. The standard InChI is InChI=1S/C19H20NO2.CH4.Rb.H2S.W/c1-4-17-19(21)20-16-11-6-5-9-15(16)18(22-17)14-10-7-8-12(2)13(14)3;;;;/h6-11,17-18H,4H2,1-3H3,(H,20,21);1H4;;1H2;/q-1;;+1;;/p-1/t17-,18-;;;;/m1..../s1. The van der Waals surface area contributed by atoms with Crippen LogP contribution in [0.5, 0.6) is 0 Å². The Labute approximate surface area is 227 Å². The molecule has 0 aliphatic carbocycles. The molecule has 3 rings (SSSR count). The van der Waals surface area contributed by atoms with Gasteiger partial charge in [0, 0.05) is 21.1 Å². The van der Waals surface area contributed by atoms with Crippen LogP contribution < -0.4 is 58.2 Å². The molecule has 1 aliphatic rings. The van der Waals surface area contributed by atoms with Gasteiger partial charge in [-0.2, -0.15) is 37.8 Å². The SMILES string of the molecule is C.CC[C@H]1O[C@H](c2cccc(C)c2C)c2c[c-]ccc2[N-]C1=O.S.[Rb+].[W]. The zero-order valence-electron chi connectivity index (χ0n) is 15.0. The monoisotopic (exact) mass is 612 g/mol. The van der Waals surface area contributed by atoms with Gasteiger partial charge < -0.3 is 14.8 Å². The number of hydrogen-bond acceptors (Lipinski definition) is 2. The maximum Gasteiger partial charge on any atom is 1.00 e. The molecule has 1 aliphatic heterocycles. The molecule has 136 valence electrons. The van der Waals surface area contributed by atoms with Crippen LogP contribution >= 0.6 is 13.5 Å². The third-order valence-corrected chi connectivity index (χ3v) is 4.26. The van der Waals surface area contributed by atoms with Crippen LogP contribution in [0.15, 0.2) is 36.4 Å². The van der Waals surface area contributed by atoms with E-state index in [-0.39, 0.29) is 112 Å². The Morgan fingerprint density at radius 2 is 1.88 bits per heavy atom. The summed E-state index contributed by atoms with van der Waals surface area (Å²) in [6, 6.07) is 14.7. The van der Waals surface area contributed by atoms with E-state index < -0.39 is 6.10 Å². The van der Waals surface area contributed by atoms with Gasteiger partial charge in [0.2, 0.25) is 0 Å². The third-order valence-electron chi connectivity index (χ3n) is 4.26. The molecule has 6 heteroatoms. The molecular formula is C20H25NO2RbSW-. The smallest absolute Gasteiger partial charge is 0.645 e. The Balaban J connectivity index is 0. The van der Waals surface area contributed by atoms with E-state index in [9.17, 15) is 4.79 Å². The first kappa shape index (κ1) is 28.9. The molecule has 26 heavy (non-hydrogen) atoms. The molecule has 0 radical (unpaired) electrons. The first-order chi connectivity index (χ1) is 10.6. The van der Waals surface area contributed by atoms with Crippen LogP contribution in [0.25, 0.3) is 5.32 Å². The summed E-state index contributed by atoms with van der Waals surface area (Å²) in [6.07, 6.45) is -0.175. The number of aryl methyl sites for hydroxylation is 1. The largest absolute Gasteiger partial charge is 1.00 e. The number of amides is 1. The Morgan fingerprint density at radius 1 is 1.19 bits per heavy atom. The molecule has 2 aromatic carbocycles. The minimum absolute atomic E-state index is 0. The third kappa shape index (κ3) is 6.10. The molecule has 2 aromatic rings. The maximum absolute atomic E-state index is 12.2. The van der Waals surface area contributed by atoms with Gasteiger partial charge in [-0.25, -0.2) is 5.69 Å². The minimum Gasteiger partial charge on any atom is -0.645 e. The molecule has 0 fully saturated rings. The summed E-state index contributed by atoms with van der Waals surface area (Å²) in [4.78, 5) is 12.2. The molecule has 2 atom stereocenters. The second-order valence-corrected chi connectivity index (χ2v) is 5.64. The fraction of sp³-hybridized carbons (Fsp3) is 0.350. The van der Waals surface area contributed by atoms with Crippen LogP contribution in [0.1, 0.15) is 49.1 Å². The van der Waals surface area contributed by atoms with Crippen molar-refractivity contribution < 1.29 is 88.8 Å². The number of rotatable bonds is 2. The van der Waals surface area contributed by atoms with Gasteiger partial charge in [0.25, 0.3) is 0 Å². The van der Waals surface area contributed by atoms with Crippen molar-refractivity contribution in [3.63, 3.8) is 0 Å². The Morgan fingerprint density at radius 3 is 2.54 bits per heavy atom. The van der Waals surface area contributed by atoms with Crippen LogP contribution in [0.2, 0.25) is 0 Å². The van der Waals surface area contributed by atoms with Crippen molar-refractivity contribution >= 4 is 25.1 Å². The second kappa shape index (κ2) is 13.0. The summed E-state index contributed by atoms with van der Waals surface area (Å²) < 4.78 is 6.16. The molecule has 0 saturated heterocycles. The summed E-state index contributed by atoms with van der Waals surface area (Å²) in [5.41, 5.74) is 5.07. The van der Waals surface area contributed by atoms with Gasteiger partial charge in [-0.15, -0.1) is 5.56 Å². The van der Waals surface area contributed by atoms with E-state index in [0.29, 0.717) is 12.1 Å². The fourth-order valence-corrected chi connectivity index (χ4v) is 2.80. The van der Waals surface area contributed by atoms with E-state index in [2.05, 4.69) is 37.4 Å². The molecule has 0 aromatic heterocycles. The van der Waals surface area contributed by atoms with Gasteiger partial charge >= 0.3 is 58.2 Å². The molecule has 1 amide bonds. The maximum atomic E-state index is 12.2. The summed E-state index contributed by atoms with van der Waals surface area (Å²) in [7, 11) is 0. The van der Waals surface area contributed by atoms with Gasteiger partial charge in [-0.3, -0.25) is 0 Å². The first-order valence-electron chi connectivity index (χ1n) is 7.59. The number of carbonyl (C=O) groups excluding carboxylic acids is 1. The van der Waals surface area contributed by atoms with Gasteiger partial charge in [-0.1, -0.05) is 32.5 Å². The van der Waals surface area contributed by atoms with Crippen molar-refractivity contribution in [2.24, 2.45) is 0 Å². The zero-order chi connectivity index (χ0) is 15.7. The van der Waals surface area contributed by atoms with Gasteiger partial charge in [-0.05, 0) is 37.0 Å². The number of nitrogens with zero attached hydrogens (tertiary/aromatic N) is 1. The van der Waals surface area contributed by atoms with E-state index in [0.717, 1.165) is 11.1 Å². The number of hydrogen-bond donors (Lipinski definition) is 0. The quantitative estimate of drug-likeness (QED) is 0.489. The average Bonchev–Trinajstić information content (AvgIpc) is 2.66. The molecule has 0 unspecified atom stereocenters. The van der Waals surface area contributed by atoms with Crippen molar-refractivity contribution in [1.29, 1.82) is 0 Å². The van der Waals surface area contributed by atoms with E-state index in [1.54, 1.807) is 6.07 Å². The molecule has 0 spiro atoms. The van der Waals surface area contributed by atoms with Crippen LogP contribution in [0.4, 0.5) is 5.69 Å². The Hall–Kier alpha value is 0.714. The molecule has 0 saturated carbocycles. The van der Waals surface area contributed by atoms with E-state index in [1.807, 2.05) is 25.1 Å². The summed E-state index contributed by atoms with van der Waals surface area (Å²) >= 11 is 0. The predicted octanol–water partition coefficient (Wildman–Crippen LogP) is 2.28. The fourth-order valence-electron chi connectivity index (χ4n) is 2.80. The van der Waals surface area contributed by atoms with Crippen LogP contribution in [-0.4, -0.2) is 12.0 Å². The van der Waals surface area contributed by atoms with Crippen LogP contribution in [0, 0.1) is 19.9 Å². The van der Waals surface area contributed by atoms with Crippen molar-refractivity contribution in [3.8, 4) is 0 Å². The molecule has 0 N–H and O–H groups in total. The number of benzene rings is 2. The van der Waals surface area contributed by atoms with Crippen LogP contribution in [0.3, 0.4) is 0 Å². The number of carbonyl (C=O) groups is 1. The Kier molecular flexibility index (Phi) is 14.5. The first-order valence-corrected chi connectivity index (χ1v) is 7.59. The van der Waals surface area contributed by atoms with E-state index >= 15 is 0 Å². The second-order valence-electron chi connectivity index (χ2n) is 5.64. The normalized spacial score (nSPS) is 17.7. The van der Waals surface area contributed by atoms with E-state index in [4.69, 9.17) is 4.74 Å². The topological polar surface area (TPSA) is 40.4 Å². The van der Waals surface area contributed by atoms with Crippen molar-refractivity contribution in [2.45, 2.75) is 46.8 Å². The number of ether oxygens (including phenoxy) is 1. The predicted molar refractivity (Wildman–Crippen MR) is 103 cm³/mol. The van der Waals surface area contributed by atoms with Crippen molar-refractivity contribution in [1.82, 2.24) is 0 Å². The average molecular weight is 613 g/mol. The van der Waals surface area contributed by atoms with Gasteiger partial charge in [0.1, 0.15) is 0 Å². The van der Waals surface area contributed by atoms with Crippen molar-refractivity contribution in [3.05, 3.63) is 70.0 Å². The van der Waals surface area contributed by atoms with Gasteiger partial charge in [0.05, 0.1) is 18.1 Å². The summed E-state index contributed by atoms with van der Waals surface area (Å²) in [6.45, 7) is 6.12. The summed E-state index contributed by atoms with van der Waals surface area (Å²) in [5, 5.41) is 4.24. The molecule has 0 bridgehead atoms. The van der Waals surface area contributed by atoms with Crippen molar-refractivity contribution in [2.75, 3.05) is 0 Å². The van der Waals surface area contributed by atoms with Crippen LogP contribution in [-0.2, 0) is 30.6 Å². The van der Waals surface area contributed by atoms with E-state index in [1.165, 1.54) is 11.1 Å². The molecule has 3 nitrogen and oxygen atoms in total. The molecule has 1 heterocycles. The summed E-state index contributed by atoms with van der Waals surface area (Å²) in [5.74, 6) is -0.206.